The number of aryl methyl sites for hydroxylation is 1. The van der Waals surface area contributed by atoms with Gasteiger partial charge in [-0.05, 0) is 30.7 Å². The van der Waals surface area contributed by atoms with Crippen molar-refractivity contribution in [3.05, 3.63) is 59.7 Å². The topological polar surface area (TPSA) is 67.4 Å². The van der Waals surface area contributed by atoms with E-state index in [1.165, 1.54) is 11.6 Å². The zero-order chi connectivity index (χ0) is 16.2. The first-order valence-corrected chi connectivity index (χ1v) is 7.22. The molecule has 116 valence electrons. The van der Waals surface area contributed by atoms with Crippen LogP contribution in [0.15, 0.2) is 48.5 Å². The number of fused-ring (bicyclic) bond motifs is 1. The lowest BCUT2D eigenvalue weighted by molar-refractivity contribution is -0.118. The van der Waals surface area contributed by atoms with Crippen molar-refractivity contribution in [3.8, 4) is 5.75 Å². The van der Waals surface area contributed by atoms with E-state index in [2.05, 4.69) is 10.6 Å². The highest BCUT2D eigenvalue weighted by molar-refractivity contribution is 6.02. The number of benzene rings is 2. The molecule has 0 aliphatic carbocycles. The molecule has 0 spiro atoms. The summed E-state index contributed by atoms with van der Waals surface area (Å²) in [4.78, 5) is 23.2. The number of amides is 2. The van der Waals surface area contributed by atoms with Crippen LogP contribution in [0, 0.1) is 6.92 Å². The fourth-order valence-corrected chi connectivity index (χ4v) is 2.19. The van der Waals surface area contributed by atoms with Gasteiger partial charge in [0.15, 0.2) is 6.61 Å². The molecule has 0 atom stereocenters. The summed E-state index contributed by atoms with van der Waals surface area (Å²) < 4.78 is 5.32. The normalized spacial score (nSPS) is 13.2. The van der Waals surface area contributed by atoms with E-state index in [1.807, 2.05) is 31.2 Å². The summed E-state index contributed by atoms with van der Waals surface area (Å²) in [5, 5.41) is 5.47. The van der Waals surface area contributed by atoms with Crippen LogP contribution < -0.4 is 15.4 Å². The zero-order valence-corrected chi connectivity index (χ0v) is 12.6. The first-order chi connectivity index (χ1) is 11.1. The van der Waals surface area contributed by atoms with Crippen molar-refractivity contribution in [1.29, 1.82) is 0 Å². The van der Waals surface area contributed by atoms with Gasteiger partial charge >= 0.3 is 0 Å². The van der Waals surface area contributed by atoms with Crippen LogP contribution in [0.1, 0.15) is 11.1 Å². The zero-order valence-electron chi connectivity index (χ0n) is 12.6. The van der Waals surface area contributed by atoms with E-state index >= 15 is 0 Å². The van der Waals surface area contributed by atoms with Crippen molar-refractivity contribution in [1.82, 2.24) is 0 Å². The van der Waals surface area contributed by atoms with E-state index in [0.29, 0.717) is 17.1 Å². The molecule has 0 saturated carbocycles. The Balaban J connectivity index is 1.66. The lowest BCUT2D eigenvalue weighted by atomic mass is 10.1. The monoisotopic (exact) mass is 308 g/mol. The van der Waals surface area contributed by atoms with E-state index < -0.39 is 0 Å². The summed E-state index contributed by atoms with van der Waals surface area (Å²) in [5.74, 6) is 0.130. The molecule has 0 bridgehead atoms. The van der Waals surface area contributed by atoms with Gasteiger partial charge < -0.3 is 15.4 Å². The van der Waals surface area contributed by atoms with E-state index in [-0.39, 0.29) is 18.4 Å². The minimum absolute atomic E-state index is 0.0161. The van der Waals surface area contributed by atoms with Crippen LogP contribution in [0.5, 0.6) is 5.75 Å². The number of carbonyl (C=O) groups is 2. The maximum atomic E-state index is 12.0. The molecule has 2 aromatic carbocycles. The maximum Gasteiger partial charge on any atom is 0.262 e. The van der Waals surface area contributed by atoms with Crippen LogP contribution >= 0.6 is 0 Å². The van der Waals surface area contributed by atoms with Crippen molar-refractivity contribution in [3.63, 3.8) is 0 Å². The summed E-state index contributed by atoms with van der Waals surface area (Å²) in [6, 6.07) is 13.0. The summed E-state index contributed by atoms with van der Waals surface area (Å²) in [7, 11) is 0. The van der Waals surface area contributed by atoms with Gasteiger partial charge in [0, 0.05) is 17.8 Å². The van der Waals surface area contributed by atoms with Gasteiger partial charge in [0.25, 0.3) is 5.91 Å². The van der Waals surface area contributed by atoms with Crippen molar-refractivity contribution < 1.29 is 14.3 Å². The molecule has 23 heavy (non-hydrogen) atoms. The Morgan fingerprint density at radius 3 is 2.78 bits per heavy atom. The molecule has 5 heteroatoms. The second kappa shape index (κ2) is 6.36. The Morgan fingerprint density at radius 1 is 1.22 bits per heavy atom. The average molecular weight is 308 g/mol. The minimum Gasteiger partial charge on any atom is -0.482 e. The van der Waals surface area contributed by atoms with Gasteiger partial charge in [-0.25, -0.2) is 0 Å². The smallest absolute Gasteiger partial charge is 0.262 e. The minimum atomic E-state index is -0.231. The standard InChI is InChI=1S/C18H16N2O3/c1-12-2-4-13(5-3-12)6-9-17(21)19-14-7-8-15-16(10-14)23-11-18(22)20-15/h2-10H,11H2,1H3,(H,19,21)(H,20,22)/b9-6+. The van der Waals surface area contributed by atoms with Crippen LogP contribution in [0.25, 0.3) is 6.08 Å². The summed E-state index contributed by atoms with van der Waals surface area (Å²) in [6.45, 7) is 2.00. The van der Waals surface area contributed by atoms with Gasteiger partial charge in [-0.15, -0.1) is 0 Å². The number of hydrogen-bond donors (Lipinski definition) is 2. The lowest BCUT2D eigenvalue weighted by Crippen LogP contribution is -2.25. The highest BCUT2D eigenvalue weighted by Crippen LogP contribution is 2.30. The number of hydrogen-bond acceptors (Lipinski definition) is 3. The number of nitrogens with one attached hydrogen (secondary N) is 2. The third kappa shape index (κ3) is 3.77. The van der Waals surface area contributed by atoms with Crippen molar-refractivity contribution in [2.24, 2.45) is 0 Å². The summed E-state index contributed by atoms with van der Waals surface area (Å²) >= 11 is 0. The van der Waals surface area contributed by atoms with E-state index in [0.717, 1.165) is 5.56 Å². The number of rotatable bonds is 3. The first-order valence-electron chi connectivity index (χ1n) is 7.22. The highest BCUT2D eigenvalue weighted by atomic mass is 16.5. The van der Waals surface area contributed by atoms with Crippen molar-refractivity contribution in [2.75, 3.05) is 17.2 Å². The van der Waals surface area contributed by atoms with Crippen LogP contribution in [-0.4, -0.2) is 18.4 Å². The Kier molecular flexibility index (Phi) is 4.10. The Hall–Kier alpha value is -3.08. The van der Waals surface area contributed by atoms with Crippen molar-refractivity contribution in [2.45, 2.75) is 6.92 Å². The average Bonchev–Trinajstić information content (AvgIpc) is 2.54. The molecular weight excluding hydrogens is 292 g/mol. The Bertz CT molecular complexity index is 779. The van der Waals surface area contributed by atoms with Crippen LogP contribution in [0.3, 0.4) is 0 Å². The molecule has 1 heterocycles. The van der Waals surface area contributed by atoms with Gasteiger partial charge in [0.05, 0.1) is 5.69 Å². The Morgan fingerprint density at radius 2 is 2.00 bits per heavy atom. The molecule has 3 rings (SSSR count). The molecule has 1 aliphatic heterocycles. The number of ether oxygens (including phenoxy) is 1. The number of anilines is 2. The second-order valence-corrected chi connectivity index (χ2v) is 5.28. The van der Waals surface area contributed by atoms with Gasteiger partial charge in [-0.1, -0.05) is 29.8 Å². The maximum absolute atomic E-state index is 12.0. The van der Waals surface area contributed by atoms with E-state index in [1.54, 1.807) is 24.3 Å². The molecule has 5 nitrogen and oxygen atoms in total. The SMILES string of the molecule is Cc1ccc(/C=C/C(=O)Nc2ccc3c(c2)OCC(=O)N3)cc1. The van der Waals surface area contributed by atoms with Crippen LogP contribution in [0.2, 0.25) is 0 Å². The second-order valence-electron chi connectivity index (χ2n) is 5.28. The van der Waals surface area contributed by atoms with Crippen molar-refractivity contribution >= 4 is 29.3 Å². The fraction of sp³-hybridized carbons (Fsp3) is 0.111. The van der Waals surface area contributed by atoms with E-state index in [9.17, 15) is 9.59 Å². The molecular formula is C18H16N2O3. The number of carbonyl (C=O) groups excluding carboxylic acids is 2. The predicted molar refractivity (Wildman–Crippen MR) is 89.4 cm³/mol. The molecule has 0 fully saturated rings. The third-order valence-corrected chi connectivity index (χ3v) is 3.39. The predicted octanol–water partition coefficient (Wildman–Crippen LogP) is 2.98. The molecule has 2 N–H and O–H groups in total. The largest absolute Gasteiger partial charge is 0.482 e. The molecule has 1 aliphatic rings. The van der Waals surface area contributed by atoms with Crippen LogP contribution in [0.4, 0.5) is 11.4 Å². The summed E-state index contributed by atoms with van der Waals surface area (Å²) in [5.41, 5.74) is 3.35. The molecule has 0 unspecified atom stereocenters. The molecule has 0 radical (unpaired) electrons. The lowest BCUT2D eigenvalue weighted by Gasteiger charge is -2.18. The Labute approximate surface area is 134 Å². The fourth-order valence-electron chi connectivity index (χ4n) is 2.19. The third-order valence-electron chi connectivity index (χ3n) is 3.39. The van der Waals surface area contributed by atoms with E-state index in [4.69, 9.17) is 4.74 Å². The van der Waals surface area contributed by atoms with Gasteiger partial charge in [0.2, 0.25) is 5.91 Å². The quantitative estimate of drug-likeness (QED) is 0.857. The molecule has 2 amide bonds. The van der Waals surface area contributed by atoms with Gasteiger partial charge in [-0.2, -0.15) is 0 Å². The molecule has 0 aromatic heterocycles. The van der Waals surface area contributed by atoms with Gasteiger partial charge in [0.1, 0.15) is 5.75 Å². The highest BCUT2D eigenvalue weighted by Gasteiger charge is 2.16. The molecule has 2 aromatic rings. The molecule has 0 saturated heterocycles. The first kappa shape index (κ1) is 14.8. The van der Waals surface area contributed by atoms with Gasteiger partial charge in [-0.3, -0.25) is 9.59 Å². The van der Waals surface area contributed by atoms with Crippen LogP contribution in [-0.2, 0) is 9.59 Å². The summed E-state index contributed by atoms with van der Waals surface area (Å²) in [6.07, 6.45) is 3.23.